The molecule has 1 aromatic rings. The molecule has 0 aliphatic rings. The Kier molecular flexibility index (Phi) is 7.37. The zero-order valence-corrected chi connectivity index (χ0v) is 18.1. The molecule has 1 unspecified atom stereocenters. The van der Waals surface area contributed by atoms with Crippen LogP contribution in [0.3, 0.4) is 0 Å². The summed E-state index contributed by atoms with van der Waals surface area (Å²) in [5.74, 6) is 1.78. The summed E-state index contributed by atoms with van der Waals surface area (Å²) in [6, 6.07) is 6.55. The first-order valence-corrected chi connectivity index (χ1v) is 11.2. The first-order valence-electron chi connectivity index (χ1n) is 8.91. The van der Waals surface area contributed by atoms with Crippen LogP contribution in [0.15, 0.2) is 12.1 Å². The van der Waals surface area contributed by atoms with Crippen LogP contribution in [-0.4, -0.2) is 29.4 Å². The highest BCUT2D eigenvalue weighted by molar-refractivity contribution is 6.85. The Morgan fingerprint density at radius 2 is 1.20 bits per heavy atom. The highest BCUT2D eigenvalue weighted by Gasteiger charge is 2.50. The lowest BCUT2D eigenvalue weighted by Gasteiger charge is -2.46. The Hall–Kier alpha value is -1.67. The average Bonchev–Trinajstić information content (AvgIpc) is 2.56. The standard InChI is InChI=1S/C20H33NO3Si/c1-13(2)25(14(3)4,15(5)6)19(12-21)16-10-17(22-7)20(24-9)18(11-16)23-8/h10-11,13-15,19H,1-9H3. The third-order valence-corrected chi connectivity index (χ3v) is 13.1. The number of nitriles is 1. The summed E-state index contributed by atoms with van der Waals surface area (Å²) in [7, 11) is 2.81. The van der Waals surface area contributed by atoms with Gasteiger partial charge >= 0.3 is 0 Å². The molecule has 0 heterocycles. The summed E-state index contributed by atoms with van der Waals surface area (Å²) < 4.78 is 16.5. The molecule has 0 spiro atoms. The van der Waals surface area contributed by atoms with Crippen molar-refractivity contribution in [1.29, 1.82) is 5.26 Å². The van der Waals surface area contributed by atoms with Gasteiger partial charge in [0.05, 0.1) is 41.0 Å². The smallest absolute Gasteiger partial charge is 0.203 e. The van der Waals surface area contributed by atoms with Crippen LogP contribution in [0.25, 0.3) is 0 Å². The molecule has 5 heteroatoms. The zero-order chi connectivity index (χ0) is 19.4. The molecule has 0 fully saturated rings. The van der Waals surface area contributed by atoms with Crippen molar-refractivity contribution in [3.63, 3.8) is 0 Å². The molecular weight excluding hydrogens is 330 g/mol. The molecule has 25 heavy (non-hydrogen) atoms. The minimum atomic E-state index is -2.01. The van der Waals surface area contributed by atoms with E-state index in [0.29, 0.717) is 33.9 Å². The lowest BCUT2D eigenvalue weighted by Crippen LogP contribution is -2.50. The number of ether oxygens (including phenoxy) is 3. The zero-order valence-electron chi connectivity index (χ0n) is 17.1. The Labute approximate surface area is 154 Å². The van der Waals surface area contributed by atoms with Gasteiger partial charge in [0.1, 0.15) is 0 Å². The minimum Gasteiger partial charge on any atom is -0.493 e. The fourth-order valence-corrected chi connectivity index (χ4v) is 11.7. The molecule has 0 N–H and O–H groups in total. The van der Waals surface area contributed by atoms with Crippen molar-refractivity contribution < 1.29 is 14.2 Å². The van der Waals surface area contributed by atoms with E-state index in [-0.39, 0.29) is 5.54 Å². The fourth-order valence-electron chi connectivity index (χ4n) is 4.74. The van der Waals surface area contributed by atoms with Gasteiger partial charge in [-0.2, -0.15) is 5.26 Å². The van der Waals surface area contributed by atoms with Crippen LogP contribution in [0.1, 0.15) is 52.6 Å². The quantitative estimate of drug-likeness (QED) is 0.569. The number of methoxy groups -OCH3 is 3. The van der Waals surface area contributed by atoms with E-state index in [2.05, 4.69) is 47.6 Å². The molecule has 1 aromatic carbocycles. The van der Waals surface area contributed by atoms with Crippen LogP contribution in [0.2, 0.25) is 16.6 Å². The number of hydrogen-bond donors (Lipinski definition) is 0. The van der Waals surface area contributed by atoms with Gasteiger partial charge in [-0.25, -0.2) is 0 Å². The molecule has 0 aromatic heterocycles. The molecule has 1 rings (SSSR count). The van der Waals surface area contributed by atoms with E-state index >= 15 is 0 Å². The molecule has 0 saturated carbocycles. The first-order chi connectivity index (χ1) is 11.7. The molecule has 0 amide bonds. The predicted molar refractivity (Wildman–Crippen MR) is 106 cm³/mol. The number of nitrogens with zero attached hydrogens (tertiary/aromatic N) is 1. The third-order valence-electron chi connectivity index (χ3n) is 5.65. The molecule has 0 bridgehead atoms. The largest absolute Gasteiger partial charge is 0.493 e. The second-order valence-corrected chi connectivity index (χ2v) is 13.5. The highest BCUT2D eigenvalue weighted by Crippen LogP contribution is 2.52. The van der Waals surface area contributed by atoms with Gasteiger partial charge in [0, 0.05) is 0 Å². The normalized spacial score (nSPS) is 13.1. The Balaban J connectivity index is 3.71. The highest BCUT2D eigenvalue weighted by atomic mass is 28.3. The lowest BCUT2D eigenvalue weighted by molar-refractivity contribution is 0.324. The topological polar surface area (TPSA) is 51.5 Å². The van der Waals surface area contributed by atoms with E-state index in [0.717, 1.165) is 5.56 Å². The van der Waals surface area contributed by atoms with E-state index in [1.807, 2.05) is 12.1 Å². The van der Waals surface area contributed by atoms with E-state index in [1.165, 1.54) is 0 Å². The van der Waals surface area contributed by atoms with Gasteiger partial charge in [-0.05, 0) is 34.3 Å². The van der Waals surface area contributed by atoms with E-state index in [9.17, 15) is 5.26 Å². The molecule has 1 atom stereocenters. The molecule has 4 nitrogen and oxygen atoms in total. The Morgan fingerprint density at radius 1 is 0.800 bits per heavy atom. The van der Waals surface area contributed by atoms with Crippen molar-refractivity contribution in [2.45, 2.75) is 63.7 Å². The number of rotatable bonds is 8. The Morgan fingerprint density at radius 3 is 1.44 bits per heavy atom. The first kappa shape index (κ1) is 21.4. The minimum absolute atomic E-state index is 0.138. The Bertz CT molecular complexity index is 573. The monoisotopic (exact) mass is 363 g/mol. The lowest BCUT2D eigenvalue weighted by atomic mass is 10.1. The summed E-state index contributed by atoms with van der Waals surface area (Å²) in [5.41, 5.74) is 2.28. The van der Waals surface area contributed by atoms with Crippen LogP contribution in [0, 0.1) is 11.3 Å². The summed E-state index contributed by atoms with van der Waals surface area (Å²) in [4.78, 5) is 0. The number of hydrogen-bond acceptors (Lipinski definition) is 4. The van der Waals surface area contributed by atoms with Gasteiger partial charge in [0.15, 0.2) is 11.5 Å². The molecule has 0 saturated heterocycles. The van der Waals surface area contributed by atoms with Gasteiger partial charge in [0.25, 0.3) is 0 Å². The summed E-state index contributed by atoms with van der Waals surface area (Å²) in [5, 5.41) is 10.2. The predicted octanol–water partition coefficient (Wildman–Crippen LogP) is 5.54. The van der Waals surface area contributed by atoms with Gasteiger partial charge in [-0.1, -0.05) is 41.5 Å². The second-order valence-electron chi connectivity index (χ2n) is 7.48. The molecule has 0 aliphatic heterocycles. The van der Waals surface area contributed by atoms with Crippen molar-refractivity contribution in [2.75, 3.05) is 21.3 Å². The van der Waals surface area contributed by atoms with Crippen molar-refractivity contribution in [3.8, 4) is 23.3 Å². The molecule has 0 radical (unpaired) electrons. The fraction of sp³-hybridized carbons (Fsp3) is 0.650. The van der Waals surface area contributed by atoms with E-state index in [1.54, 1.807) is 21.3 Å². The van der Waals surface area contributed by atoms with Crippen LogP contribution in [0.5, 0.6) is 17.2 Å². The van der Waals surface area contributed by atoms with Gasteiger partial charge in [-0.15, -0.1) is 0 Å². The average molecular weight is 364 g/mol. The van der Waals surface area contributed by atoms with E-state index in [4.69, 9.17) is 14.2 Å². The van der Waals surface area contributed by atoms with Crippen LogP contribution >= 0.6 is 0 Å². The summed E-state index contributed by atoms with van der Waals surface area (Å²) >= 11 is 0. The van der Waals surface area contributed by atoms with Crippen LogP contribution < -0.4 is 14.2 Å². The van der Waals surface area contributed by atoms with E-state index < -0.39 is 8.07 Å². The summed E-state index contributed by atoms with van der Waals surface area (Å²) in [6.45, 7) is 13.6. The van der Waals surface area contributed by atoms with Gasteiger partial charge in [0.2, 0.25) is 5.75 Å². The van der Waals surface area contributed by atoms with Crippen molar-refractivity contribution in [3.05, 3.63) is 17.7 Å². The van der Waals surface area contributed by atoms with Crippen molar-refractivity contribution >= 4 is 8.07 Å². The van der Waals surface area contributed by atoms with Crippen molar-refractivity contribution in [2.24, 2.45) is 0 Å². The molecule has 0 aliphatic carbocycles. The maximum atomic E-state index is 10.2. The second kappa shape index (κ2) is 8.62. The maximum absolute atomic E-state index is 10.2. The maximum Gasteiger partial charge on any atom is 0.203 e. The van der Waals surface area contributed by atoms with Gasteiger partial charge in [-0.3, -0.25) is 0 Å². The van der Waals surface area contributed by atoms with Crippen LogP contribution in [0.4, 0.5) is 0 Å². The van der Waals surface area contributed by atoms with Crippen LogP contribution in [-0.2, 0) is 0 Å². The summed E-state index contributed by atoms with van der Waals surface area (Å²) in [6.07, 6.45) is 0. The molecule has 140 valence electrons. The SMILES string of the molecule is COc1cc(C(C#N)[Si](C(C)C)(C(C)C)C(C)C)cc(OC)c1OC. The third kappa shape index (κ3) is 3.64. The molecular formula is C20H33NO3Si. The van der Waals surface area contributed by atoms with Gasteiger partial charge < -0.3 is 14.2 Å². The van der Waals surface area contributed by atoms with Crippen molar-refractivity contribution in [1.82, 2.24) is 0 Å². The number of benzene rings is 1.